The number of ether oxygens (including phenoxy) is 1. The van der Waals surface area contributed by atoms with Gasteiger partial charge in [-0.25, -0.2) is 12.8 Å². The summed E-state index contributed by atoms with van der Waals surface area (Å²) in [5, 5.41) is 2.75. The molecule has 0 aliphatic carbocycles. The molecule has 1 atom stereocenters. The van der Waals surface area contributed by atoms with E-state index in [1.165, 1.54) is 25.1 Å². The van der Waals surface area contributed by atoms with Gasteiger partial charge in [0.2, 0.25) is 15.9 Å². The van der Waals surface area contributed by atoms with Crippen molar-refractivity contribution in [2.45, 2.75) is 13.0 Å². The molecule has 1 N–H and O–H groups in total. The largest absolute Gasteiger partial charge is 0.379 e. The van der Waals surface area contributed by atoms with E-state index in [9.17, 15) is 17.6 Å². The van der Waals surface area contributed by atoms with Crippen molar-refractivity contribution >= 4 is 21.6 Å². The number of anilines is 1. The standard InChI is InChI=1S/C16H24FN3O4S/c1-13(16(21)18-6-7-19-8-10-24-11-9-19)20(25(2,22)23)15-5-3-4-14(17)12-15/h3-5,12-13H,6-11H2,1-2H3,(H,18,21)/t13-/m1/s1. The molecule has 1 aliphatic heterocycles. The third-order valence-corrected chi connectivity index (χ3v) is 5.22. The summed E-state index contributed by atoms with van der Waals surface area (Å²) in [5.41, 5.74) is 0.123. The maximum Gasteiger partial charge on any atom is 0.243 e. The van der Waals surface area contributed by atoms with Crippen molar-refractivity contribution < 1.29 is 22.3 Å². The smallest absolute Gasteiger partial charge is 0.243 e. The average Bonchev–Trinajstić information content (AvgIpc) is 2.54. The van der Waals surface area contributed by atoms with Crippen LogP contribution < -0.4 is 9.62 Å². The first-order valence-corrected chi connectivity index (χ1v) is 9.96. The summed E-state index contributed by atoms with van der Waals surface area (Å²) in [6.07, 6.45) is 0.995. The lowest BCUT2D eigenvalue weighted by Crippen LogP contribution is -2.49. The highest BCUT2D eigenvalue weighted by Crippen LogP contribution is 2.21. The number of carbonyl (C=O) groups excluding carboxylic acids is 1. The summed E-state index contributed by atoms with van der Waals surface area (Å²) < 4.78 is 43.9. The van der Waals surface area contributed by atoms with Gasteiger partial charge >= 0.3 is 0 Å². The Morgan fingerprint density at radius 2 is 2.08 bits per heavy atom. The summed E-state index contributed by atoms with van der Waals surface area (Å²) >= 11 is 0. The number of sulfonamides is 1. The predicted octanol–water partition coefficient (Wildman–Crippen LogP) is 0.429. The molecule has 0 unspecified atom stereocenters. The van der Waals surface area contributed by atoms with Crippen LogP contribution in [0.5, 0.6) is 0 Å². The second-order valence-corrected chi connectivity index (χ2v) is 7.82. The van der Waals surface area contributed by atoms with Gasteiger partial charge in [-0.2, -0.15) is 0 Å². The van der Waals surface area contributed by atoms with Gasteiger partial charge in [0.15, 0.2) is 0 Å². The second kappa shape index (κ2) is 8.59. The van der Waals surface area contributed by atoms with Gasteiger partial charge in [0.1, 0.15) is 11.9 Å². The van der Waals surface area contributed by atoms with E-state index in [2.05, 4.69) is 10.2 Å². The minimum Gasteiger partial charge on any atom is -0.379 e. The lowest BCUT2D eigenvalue weighted by molar-refractivity contribution is -0.121. The quantitative estimate of drug-likeness (QED) is 0.750. The van der Waals surface area contributed by atoms with Gasteiger partial charge in [-0.1, -0.05) is 6.07 Å². The number of rotatable bonds is 7. The molecule has 1 heterocycles. The van der Waals surface area contributed by atoms with Gasteiger partial charge in [-0.05, 0) is 25.1 Å². The number of nitrogens with zero attached hydrogens (tertiary/aromatic N) is 2. The van der Waals surface area contributed by atoms with Crippen LogP contribution in [0.2, 0.25) is 0 Å². The second-order valence-electron chi connectivity index (χ2n) is 5.96. The lowest BCUT2D eigenvalue weighted by atomic mass is 10.2. The van der Waals surface area contributed by atoms with E-state index < -0.39 is 27.8 Å². The SMILES string of the molecule is C[C@H](C(=O)NCCN1CCOCC1)N(c1cccc(F)c1)S(C)(=O)=O. The number of halogens is 1. The van der Waals surface area contributed by atoms with Crippen molar-refractivity contribution in [3.8, 4) is 0 Å². The number of hydrogen-bond donors (Lipinski definition) is 1. The van der Waals surface area contributed by atoms with Crippen LogP contribution in [0.15, 0.2) is 24.3 Å². The fraction of sp³-hybridized carbons (Fsp3) is 0.562. The van der Waals surface area contributed by atoms with E-state index in [0.717, 1.165) is 29.7 Å². The first-order chi connectivity index (χ1) is 11.8. The Morgan fingerprint density at radius 3 is 2.68 bits per heavy atom. The van der Waals surface area contributed by atoms with Crippen LogP contribution in [0.3, 0.4) is 0 Å². The molecule has 140 valence electrons. The Labute approximate surface area is 147 Å². The lowest BCUT2D eigenvalue weighted by Gasteiger charge is -2.29. The molecule has 7 nitrogen and oxygen atoms in total. The highest BCUT2D eigenvalue weighted by Gasteiger charge is 2.29. The van der Waals surface area contributed by atoms with Crippen LogP contribution in [-0.2, 0) is 19.6 Å². The van der Waals surface area contributed by atoms with E-state index in [1.807, 2.05) is 0 Å². The molecule has 1 aromatic carbocycles. The summed E-state index contributed by atoms with van der Waals surface area (Å²) in [4.78, 5) is 14.5. The Hall–Kier alpha value is -1.71. The Balaban J connectivity index is 2.00. The number of nitrogens with one attached hydrogen (secondary N) is 1. The predicted molar refractivity (Wildman–Crippen MR) is 93.5 cm³/mol. The molecular weight excluding hydrogens is 349 g/mol. The molecule has 0 bridgehead atoms. The van der Waals surface area contributed by atoms with Gasteiger partial charge in [-0.15, -0.1) is 0 Å². The molecule has 0 saturated carbocycles. The molecule has 1 amide bonds. The van der Waals surface area contributed by atoms with Gasteiger partial charge in [0.05, 0.1) is 25.2 Å². The minimum absolute atomic E-state index is 0.123. The van der Waals surface area contributed by atoms with Crippen LogP contribution in [-0.4, -0.2) is 70.9 Å². The third-order valence-electron chi connectivity index (χ3n) is 3.98. The first-order valence-electron chi connectivity index (χ1n) is 8.12. The monoisotopic (exact) mass is 373 g/mol. The minimum atomic E-state index is -3.75. The number of morpholine rings is 1. The molecule has 0 radical (unpaired) electrons. The number of amides is 1. The first kappa shape index (κ1) is 19.6. The molecule has 1 aromatic rings. The number of hydrogen-bond acceptors (Lipinski definition) is 5. The molecule has 1 fully saturated rings. The van der Waals surface area contributed by atoms with E-state index in [4.69, 9.17) is 4.74 Å². The van der Waals surface area contributed by atoms with Crippen molar-refractivity contribution in [1.29, 1.82) is 0 Å². The van der Waals surface area contributed by atoms with E-state index in [-0.39, 0.29) is 5.69 Å². The van der Waals surface area contributed by atoms with E-state index in [0.29, 0.717) is 26.3 Å². The molecule has 9 heteroatoms. The fourth-order valence-electron chi connectivity index (χ4n) is 2.73. The molecule has 0 aromatic heterocycles. The molecular formula is C16H24FN3O4S. The van der Waals surface area contributed by atoms with Crippen LogP contribution in [0.1, 0.15) is 6.92 Å². The summed E-state index contributed by atoms with van der Waals surface area (Å²) in [6.45, 7) is 5.52. The highest BCUT2D eigenvalue weighted by molar-refractivity contribution is 7.92. The number of carbonyl (C=O) groups is 1. The van der Waals surface area contributed by atoms with Crippen molar-refractivity contribution in [3.63, 3.8) is 0 Å². The average molecular weight is 373 g/mol. The topological polar surface area (TPSA) is 79.0 Å². The van der Waals surface area contributed by atoms with Crippen LogP contribution in [0.4, 0.5) is 10.1 Å². The fourth-order valence-corrected chi connectivity index (χ4v) is 3.90. The molecule has 0 spiro atoms. The zero-order valence-electron chi connectivity index (χ0n) is 14.4. The zero-order valence-corrected chi connectivity index (χ0v) is 15.3. The maximum atomic E-state index is 13.5. The van der Waals surface area contributed by atoms with Crippen molar-refractivity contribution in [2.75, 3.05) is 50.0 Å². The van der Waals surface area contributed by atoms with Gasteiger partial charge < -0.3 is 10.1 Å². The van der Waals surface area contributed by atoms with Gasteiger partial charge in [0, 0.05) is 26.2 Å². The van der Waals surface area contributed by atoms with E-state index in [1.54, 1.807) is 0 Å². The van der Waals surface area contributed by atoms with Crippen LogP contribution >= 0.6 is 0 Å². The maximum absolute atomic E-state index is 13.5. The summed E-state index contributed by atoms with van der Waals surface area (Å²) in [6, 6.07) is 4.20. The van der Waals surface area contributed by atoms with Crippen molar-refractivity contribution in [2.24, 2.45) is 0 Å². The highest BCUT2D eigenvalue weighted by atomic mass is 32.2. The zero-order chi connectivity index (χ0) is 18.4. The summed E-state index contributed by atoms with van der Waals surface area (Å²) in [5.74, 6) is -0.992. The molecule has 25 heavy (non-hydrogen) atoms. The molecule has 1 aliphatic rings. The van der Waals surface area contributed by atoms with Crippen molar-refractivity contribution in [3.05, 3.63) is 30.1 Å². The van der Waals surface area contributed by atoms with Crippen LogP contribution in [0.25, 0.3) is 0 Å². The summed E-state index contributed by atoms with van der Waals surface area (Å²) in [7, 11) is -3.75. The molecule has 2 rings (SSSR count). The normalized spacial score (nSPS) is 17.1. The number of benzene rings is 1. The van der Waals surface area contributed by atoms with E-state index >= 15 is 0 Å². The molecule has 1 saturated heterocycles. The third kappa shape index (κ3) is 5.65. The Bertz CT molecular complexity index is 692. The Morgan fingerprint density at radius 1 is 1.40 bits per heavy atom. The van der Waals surface area contributed by atoms with Gasteiger partial charge in [-0.3, -0.25) is 14.0 Å². The van der Waals surface area contributed by atoms with Crippen molar-refractivity contribution in [1.82, 2.24) is 10.2 Å². The van der Waals surface area contributed by atoms with Crippen LogP contribution in [0, 0.1) is 5.82 Å². The Kier molecular flexibility index (Phi) is 6.74. The van der Waals surface area contributed by atoms with Gasteiger partial charge in [0.25, 0.3) is 0 Å².